The molecule has 4 heteroatoms. The van der Waals surface area contributed by atoms with Crippen LogP contribution in [0.4, 0.5) is 0 Å². The molecule has 0 saturated heterocycles. The van der Waals surface area contributed by atoms with Crippen LogP contribution in [0.1, 0.15) is 45.7 Å². The van der Waals surface area contributed by atoms with Crippen LogP contribution in [0.15, 0.2) is 16.6 Å². The Morgan fingerprint density at radius 3 is 2.20 bits per heavy atom. The first-order chi connectivity index (χ1) is 9.40. The topological polar surface area (TPSA) is 44.5 Å². The minimum absolute atomic E-state index is 0.0363. The second kappa shape index (κ2) is 5.94. The van der Waals surface area contributed by atoms with Gasteiger partial charge in [0.1, 0.15) is 0 Å². The van der Waals surface area contributed by atoms with Crippen LogP contribution in [-0.4, -0.2) is 13.2 Å². The Hall–Kier alpha value is -0.740. The molecule has 1 saturated carbocycles. The van der Waals surface area contributed by atoms with Gasteiger partial charge in [0.25, 0.3) is 0 Å². The molecule has 1 aliphatic carbocycles. The van der Waals surface area contributed by atoms with Crippen LogP contribution in [-0.2, 0) is 0 Å². The molecule has 2 atom stereocenters. The molecule has 0 aliphatic heterocycles. The highest BCUT2D eigenvalue weighted by Gasteiger charge is 2.49. The molecule has 0 spiro atoms. The lowest BCUT2D eigenvalue weighted by Crippen LogP contribution is -2.16. The number of rotatable bonds is 6. The molecule has 0 aromatic heterocycles. The third kappa shape index (κ3) is 3.12. The third-order valence-electron chi connectivity index (χ3n) is 4.04. The lowest BCUT2D eigenvalue weighted by atomic mass is 9.97. The molecule has 1 aromatic carbocycles. The highest BCUT2D eigenvalue weighted by Crippen LogP contribution is 2.58. The van der Waals surface area contributed by atoms with E-state index in [4.69, 9.17) is 15.2 Å². The molecule has 1 fully saturated rings. The molecule has 20 heavy (non-hydrogen) atoms. The van der Waals surface area contributed by atoms with Gasteiger partial charge < -0.3 is 15.2 Å². The van der Waals surface area contributed by atoms with Crippen LogP contribution in [0.5, 0.6) is 11.5 Å². The van der Waals surface area contributed by atoms with Gasteiger partial charge in [-0.3, -0.25) is 0 Å². The summed E-state index contributed by atoms with van der Waals surface area (Å²) in [6, 6.07) is 4.03. The monoisotopic (exact) mass is 341 g/mol. The van der Waals surface area contributed by atoms with E-state index in [0.717, 1.165) is 21.5 Å². The number of benzene rings is 1. The largest absolute Gasteiger partial charge is 0.490 e. The highest BCUT2D eigenvalue weighted by molar-refractivity contribution is 9.10. The summed E-state index contributed by atoms with van der Waals surface area (Å²) in [4.78, 5) is 0. The van der Waals surface area contributed by atoms with Gasteiger partial charge in [-0.05, 0) is 49.3 Å². The smallest absolute Gasteiger partial charge is 0.162 e. The third-order valence-corrected chi connectivity index (χ3v) is 4.73. The van der Waals surface area contributed by atoms with Gasteiger partial charge in [-0.1, -0.05) is 29.8 Å². The maximum Gasteiger partial charge on any atom is 0.162 e. The second-order valence-corrected chi connectivity index (χ2v) is 6.87. The van der Waals surface area contributed by atoms with Gasteiger partial charge in [0, 0.05) is 10.5 Å². The summed E-state index contributed by atoms with van der Waals surface area (Å²) in [5, 5.41) is 0. The van der Waals surface area contributed by atoms with Gasteiger partial charge >= 0.3 is 0 Å². The summed E-state index contributed by atoms with van der Waals surface area (Å²) in [7, 11) is 0. The van der Waals surface area contributed by atoms with Crippen molar-refractivity contribution in [2.45, 2.75) is 40.2 Å². The van der Waals surface area contributed by atoms with Crippen molar-refractivity contribution in [1.82, 2.24) is 0 Å². The van der Waals surface area contributed by atoms with Crippen molar-refractivity contribution < 1.29 is 9.47 Å². The van der Waals surface area contributed by atoms with E-state index in [-0.39, 0.29) is 6.04 Å². The summed E-state index contributed by atoms with van der Waals surface area (Å²) in [6.45, 7) is 9.71. The molecule has 0 heterocycles. The van der Waals surface area contributed by atoms with Gasteiger partial charge in [0.2, 0.25) is 0 Å². The number of halogens is 1. The predicted octanol–water partition coefficient (Wildman–Crippen LogP) is 4.29. The average molecular weight is 342 g/mol. The number of hydrogen-bond acceptors (Lipinski definition) is 3. The Kier molecular flexibility index (Phi) is 4.65. The van der Waals surface area contributed by atoms with E-state index in [2.05, 4.69) is 29.8 Å². The number of ether oxygens (including phenoxy) is 2. The number of nitrogens with two attached hydrogens (primary N) is 1. The minimum atomic E-state index is 0.0363. The molecule has 0 radical (unpaired) electrons. The Morgan fingerprint density at radius 2 is 1.75 bits per heavy atom. The van der Waals surface area contributed by atoms with E-state index < -0.39 is 0 Å². The van der Waals surface area contributed by atoms with E-state index in [9.17, 15) is 0 Å². The van der Waals surface area contributed by atoms with Crippen LogP contribution in [0.25, 0.3) is 0 Å². The number of hydrogen-bond donors (Lipinski definition) is 1. The van der Waals surface area contributed by atoms with E-state index in [1.165, 1.54) is 6.42 Å². The molecule has 2 rings (SSSR count). The molecular weight excluding hydrogens is 318 g/mol. The van der Waals surface area contributed by atoms with Gasteiger partial charge in [0.05, 0.1) is 13.2 Å². The molecule has 0 bridgehead atoms. The first kappa shape index (κ1) is 15.6. The van der Waals surface area contributed by atoms with E-state index in [1.54, 1.807) is 0 Å². The van der Waals surface area contributed by atoms with Crippen molar-refractivity contribution in [3.05, 3.63) is 22.2 Å². The van der Waals surface area contributed by atoms with Gasteiger partial charge in [-0.15, -0.1) is 0 Å². The zero-order valence-electron chi connectivity index (χ0n) is 12.7. The molecule has 0 amide bonds. The molecule has 3 nitrogen and oxygen atoms in total. The fourth-order valence-corrected chi connectivity index (χ4v) is 3.27. The van der Waals surface area contributed by atoms with Crippen LogP contribution < -0.4 is 15.2 Å². The van der Waals surface area contributed by atoms with Crippen molar-refractivity contribution in [2.75, 3.05) is 13.2 Å². The standard InChI is InChI=1S/C16H24BrNO2/c1-5-19-13-7-10(12(17)8-14(13)20-6-2)15(18)11-9-16(11,3)4/h7-8,11,15H,5-6,9,18H2,1-4H3. The summed E-state index contributed by atoms with van der Waals surface area (Å²) in [6.07, 6.45) is 1.18. The lowest BCUT2D eigenvalue weighted by Gasteiger charge is -2.19. The van der Waals surface area contributed by atoms with E-state index in [1.807, 2.05) is 26.0 Å². The van der Waals surface area contributed by atoms with Crippen molar-refractivity contribution in [1.29, 1.82) is 0 Å². The Balaban J connectivity index is 2.31. The molecule has 112 valence electrons. The summed E-state index contributed by atoms with van der Waals surface area (Å²) < 4.78 is 12.3. The Labute approximate surface area is 130 Å². The summed E-state index contributed by atoms with van der Waals surface area (Å²) >= 11 is 3.62. The van der Waals surface area contributed by atoms with E-state index >= 15 is 0 Å². The first-order valence-corrected chi connectivity index (χ1v) is 8.04. The fraction of sp³-hybridized carbons (Fsp3) is 0.625. The Bertz CT molecular complexity index is 488. The second-order valence-electron chi connectivity index (χ2n) is 6.01. The van der Waals surface area contributed by atoms with Gasteiger partial charge in [-0.2, -0.15) is 0 Å². The van der Waals surface area contributed by atoms with Crippen LogP contribution in [0.3, 0.4) is 0 Å². The van der Waals surface area contributed by atoms with Crippen molar-refractivity contribution in [3.8, 4) is 11.5 Å². The Morgan fingerprint density at radius 1 is 1.25 bits per heavy atom. The fourth-order valence-electron chi connectivity index (χ4n) is 2.68. The van der Waals surface area contributed by atoms with Crippen LogP contribution in [0.2, 0.25) is 0 Å². The van der Waals surface area contributed by atoms with Crippen molar-refractivity contribution >= 4 is 15.9 Å². The molecule has 1 aromatic rings. The molecular formula is C16H24BrNO2. The predicted molar refractivity (Wildman–Crippen MR) is 85.3 cm³/mol. The molecule has 2 unspecified atom stereocenters. The van der Waals surface area contributed by atoms with Crippen molar-refractivity contribution in [2.24, 2.45) is 17.1 Å². The quantitative estimate of drug-likeness (QED) is 0.839. The van der Waals surface area contributed by atoms with E-state index in [0.29, 0.717) is 24.5 Å². The van der Waals surface area contributed by atoms with Crippen LogP contribution >= 0.6 is 15.9 Å². The first-order valence-electron chi connectivity index (χ1n) is 7.25. The van der Waals surface area contributed by atoms with Gasteiger partial charge in [0.15, 0.2) is 11.5 Å². The molecule has 2 N–H and O–H groups in total. The lowest BCUT2D eigenvalue weighted by molar-refractivity contribution is 0.287. The minimum Gasteiger partial charge on any atom is -0.490 e. The SMILES string of the molecule is CCOc1cc(Br)c(C(N)C2CC2(C)C)cc1OCC. The van der Waals surface area contributed by atoms with Crippen molar-refractivity contribution in [3.63, 3.8) is 0 Å². The van der Waals surface area contributed by atoms with Gasteiger partial charge in [-0.25, -0.2) is 0 Å². The average Bonchev–Trinajstić information content (AvgIpc) is 3.01. The maximum absolute atomic E-state index is 6.44. The maximum atomic E-state index is 6.44. The zero-order chi connectivity index (χ0) is 14.9. The highest BCUT2D eigenvalue weighted by atomic mass is 79.9. The molecule has 1 aliphatic rings. The van der Waals surface area contributed by atoms with Crippen LogP contribution in [0, 0.1) is 11.3 Å². The summed E-state index contributed by atoms with van der Waals surface area (Å²) in [5.41, 5.74) is 7.89. The zero-order valence-corrected chi connectivity index (χ0v) is 14.3. The summed E-state index contributed by atoms with van der Waals surface area (Å²) in [5.74, 6) is 2.08. The normalized spacial score (nSPS) is 21.4.